The van der Waals surface area contributed by atoms with E-state index in [1.807, 2.05) is 6.92 Å². The number of carbonyl (C=O) groups excluding carboxylic acids is 2. The SMILES string of the molecule is CCN(CC(=O)N(C)C)C(=O)CCBr. The van der Waals surface area contributed by atoms with E-state index < -0.39 is 0 Å². The Labute approximate surface area is 93.4 Å². The molecular weight excluding hydrogens is 248 g/mol. The average molecular weight is 265 g/mol. The number of likely N-dealkylation sites (N-methyl/N-ethyl adjacent to an activating group) is 2. The Hall–Kier alpha value is -0.580. The van der Waals surface area contributed by atoms with Gasteiger partial charge >= 0.3 is 0 Å². The van der Waals surface area contributed by atoms with Crippen LogP contribution in [-0.2, 0) is 9.59 Å². The Morgan fingerprint density at radius 3 is 2.14 bits per heavy atom. The summed E-state index contributed by atoms with van der Waals surface area (Å²) in [5.74, 6) is -0.0330. The zero-order valence-corrected chi connectivity index (χ0v) is 10.5. The largest absolute Gasteiger partial charge is 0.347 e. The molecule has 82 valence electrons. The first-order valence-electron chi connectivity index (χ1n) is 4.56. The normalized spacial score (nSPS) is 9.71. The van der Waals surface area contributed by atoms with Crippen molar-refractivity contribution in [2.45, 2.75) is 13.3 Å². The van der Waals surface area contributed by atoms with Crippen LogP contribution in [0, 0.1) is 0 Å². The first-order chi connectivity index (χ1) is 6.52. The molecule has 0 spiro atoms. The fraction of sp³-hybridized carbons (Fsp3) is 0.778. The van der Waals surface area contributed by atoms with Crippen LogP contribution in [0.3, 0.4) is 0 Å². The molecule has 0 aromatic heterocycles. The second-order valence-electron chi connectivity index (χ2n) is 3.14. The maximum absolute atomic E-state index is 11.5. The quantitative estimate of drug-likeness (QED) is 0.687. The van der Waals surface area contributed by atoms with Gasteiger partial charge < -0.3 is 9.80 Å². The molecule has 4 nitrogen and oxygen atoms in total. The molecule has 0 aliphatic rings. The molecule has 0 saturated carbocycles. The van der Waals surface area contributed by atoms with Crippen molar-refractivity contribution in [3.05, 3.63) is 0 Å². The Morgan fingerprint density at radius 2 is 1.79 bits per heavy atom. The molecule has 0 atom stereocenters. The van der Waals surface area contributed by atoms with Gasteiger partial charge in [0, 0.05) is 32.4 Å². The molecule has 2 amide bonds. The van der Waals surface area contributed by atoms with Gasteiger partial charge in [-0.05, 0) is 6.92 Å². The second kappa shape index (κ2) is 6.81. The molecule has 0 rings (SSSR count). The molecule has 0 aliphatic heterocycles. The summed E-state index contributed by atoms with van der Waals surface area (Å²) in [7, 11) is 3.37. The van der Waals surface area contributed by atoms with Gasteiger partial charge in [0.2, 0.25) is 11.8 Å². The predicted octanol–water partition coefficient (Wildman–Crippen LogP) is 0.708. The minimum Gasteiger partial charge on any atom is -0.347 e. The summed E-state index contributed by atoms with van der Waals surface area (Å²) >= 11 is 3.20. The van der Waals surface area contributed by atoms with Crippen LogP contribution in [0.4, 0.5) is 0 Å². The van der Waals surface area contributed by atoms with Gasteiger partial charge in [-0.1, -0.05) is 15.9 Å². The van der Waals surface area contributed by atoms with Crippen molar-refractivity contribution >= 4 is 27.7 Å². The van der Waals surface area contributed by atoms with E-state index in [2.05, 4.69) is 15.9 Å². The predicted molar refractivity (Wildman–Crippen MR) is 59.4 cm³/mol. The van der Waals surface area contributed by atoms with Gasteiger partial charge in [0.15, 0.2) is 0 Å². The monoisotopic (exact) mass is 264 g/mol. The molecule has 0 aromatic carbocycles. The van der Waals surface area contributed by atoms with E-state index in [9.17, 15) is 9.59 Å². The highest BCUT2D eigenvalue weighted by molar-refractivity contribution is 9.09. The maximum Gasteiger partial charge on any atom is 0.241 e. The molecular formula is C9H17BrN2O2. The molecule has 5 heteroatoms. The summed E-state index contributed by atoms with van der Waals surface area (Å²) < 4.78 is 0. The fourth-order valence-electron chi connectivity index (χ4n) is 0.920. The van der Waals surface area contributed by atoms with Crippen LogP contribution >= 0.6 is 15.9 Å². The van der Waals surface area contributed by atoms with Gasteiger partial charge in [-0.15, -0.1) is 0 Å². The van der Waals surface area contributed by atoms with Crippen LogP contribution in [0.5, 0.6) is 0 Å². The van der Waals surface area contributed by atoms with E-state index >= 15 is 0 Å². The van der Waals surface area contributed by atoms with Crippen molar-refractivity contribution in [2.75, 3.05) is 32.5 Å². The van der Waals surface area contributed by atoms with Crippen molar-refractivity contribution in [1.82, 2.24) is 9.80 Å². The Balaban J connectivity index is 4.15. The van der Waals surface area contributed by atoms with Crippen LogP contribution in [0.1, 0.15) is 13.3 Å². The van der Waals surface area contributed by atoms with E-state index in [-0.39, 0.29) is 18.4 Å². The standard InChI is InChI=1S/C9H17BrN2O2/c1-4-12(8(13)5-6-10)7-9(14)11(2)3/h4-7H2,1-3H3. The lowest BCUT2D eigenvalue weighted by atomic mass is 10.3. The molecule has 0 heterocycles. The molecule has 0 radical (unpaired) electrons. The Morgan fingerprint density at radius 1 is 1.21 bits per heavy atom. The lowest BCUT2D eigenvalue weighted by molar-refractivity contribution is -0.138. The van der Waals surface area contributed by atoms with E-state index in [1.54, 1.807) is 19.0 Å². The summed E-state index contributed by atoms with van der Waals surface area (Å²) in [6, 6.07) is 0. The van der Waals surface area contributed by atoms with Crippen LogP contribution in [-0.4, -0.2) is 54.1 Å². The molecule has 0 fully saturated rings. The number of nitrogens with zero attached hydrogens (tertiary/aromatic N) is 2. The molecule has 0 N–H and O–H groups in total. The van der Waals surface area contributed by atoms with Crippen LogP contribution in [0.15, 0.2) is 0 Å². The topological polar surface area (TPSA) is 40.6 Å². The highest BCUT2D eigenvalue weighted by Crippen LogP contribution is 1.98. The second-order valence-corrected chi connectivity index (χ2v) is 3.93. The third-order valence-electron chi connectivity index (χ3n) is 1.87. The van der Waals surface area contributed by atoms with Gasteiger partial charge in [0.1, 0.15) is 0 Å². The number of halogens is 1. The first-order valence-corrected chi connectivity index (χ1v) is 5.69. The zero-order chi connectivity index (χ0) is 11.1. The van der Waals surface area contributed by atoms with Gasteiger partial charge in [-0.3, -0.25) is 9.59 Å². The summed E-state index contributed by atoms with van der Waals surface area (Å²) in [4.78, 5) is 25.8. The average Bonchev–Trinajstić information content (AvgIpc) is 2.13. The van der Waals surface area contributed by atoms with Crippen molar-refractivity contribution in [3.8, 4) is 0 Å². The van der Waals surface area contributed by atoms with Crippen molar-refractivity contribution in [2.24, 2.45) is 0 Å². The van der Waals surface area contributed by atoms with E-state index in [4.69, 9.17) is 0 Å². The minimum absolute atomic E-state index is 0.0135. The number of hydrogen-bond acceptors (Lipinski definition) is 2. The Bertz CT molecular complexity index is 207. The summed E-state index contributed by atoms with van der Waals surface area (Å²) in [5, 5.41) is 0.637. The third-order valence-corrected chi connectivity index (χ3v) is 2.26. The van der Waals surface area contributed by atoms with Gasteiger partial charge in [-0.25, -0.2) is 0 Å². The number of rotatable bonds is 5. The van der Waals surface area contributed by atoms with E-state index in [1.165, 1.54) is 4.90 Å². The maximum atomic E-state index is 11.5. The third kappa shape index (κ3) is 4.60. The molecule has 0 saturated heterocycles. The minimum atomic E-state index is -0.0465. The van der Waals surface area contributed by atoms with Crippen molar-refractivity contribution in [1.29, 1.82) is 0 Å². The summed E-state index contributed by atoms with van der Waals surface area (Å²) in [6.45, 7) is 2.62. The highest BCUT2D eigenvalue weighted by Gasteiger charge is 2.15. The van der Waals surface area contributed by atoms with Crippen LogP contribution < -0.4 is 0 Å². The van der Waals surface area contributed by atoms with E-state index in [0.717, 1.165) is 0 Å². The van der Waals surface area contributed by atoms with Crippen molar-refractivity contribution in [3.63, 3.8) is 0 Å². The number of carbonyl (C=O) groups is 2. The molecule has 0 aromatic rings. The summed E-state index contributed by atoms with van der Waals surface area (Å²) in [6.07, 6.45) is 0.439. The van der Waals surface area contributed by atoms with Gasteiger partial charge in [-0.2, -0.15) is 0 Å². The van der Waals surface area contributed by atoms with E-state index in [0.29, 0.717) is 18.3 Å². The highest BCUT2D eigenvalue weighted by atomic mass is 79.9. The van der Waals surface area contributed by atoms with Crippen molar-refractivity contribution < 1.29 is 9.59 Å². The lowest BCUT2D eigenvalue weighted by Crippen LogP contribution is -2.40. The fourth-order valence-corrected chi connectivity index (χ4v) is 1.26. The van der Waals surface area contributed by atoms with Gasteiger partial charge in [0.05, 0.1) is 6.54 Å². The molecule has 0 aliphatic carbocycles. The zero-order valence-electron chi connectivity index (χ0n) is 8.92. The Kier molecular flexibility index (Phi) is 6.53. The molecule has 0 bridgehead atoms. The summed E-state index contributed by atoms with van der Waals surface area (Å²) in [5.41, 5.74) is 0. The van der Waals surface area contributed by atoms with Gasteiger partial charge in [0.25, 0.3) is 0 Å². The molecule has 0 unspecified atom stereocenters. The smallest absolute Gasteiger partial charge is 0.241 e. The number of hydrogen-bond donors (Lipinski definition) is 0. The van der Waals surface area contributed by atoms with Crippen LogP contribution in [0.25, 0.3) is 0 Å². The number of amides is 2. The lowest BCUT2D eigenvalue weighted by Gasteiger charge is -2.21. The number of alkyl halides is 1. The van der Waals surface area contributed by atoms with Crippen LogP contribution in [0.2, 0.25) is 0 Å². The first kappa shape index (κ1) is 13.4. The molecule has 14 heavy (non-hydrogen) atoms.